The van der Waals surface area contributed by atoms with Gasteiger partial charge in [-0.25, -0.2) is 4.58 Å². The van der Waals surface area contributed by atoms with E-state index in [0.717, 1.165) is 13.1 Å². The van der Waals surface area contributed by atoms with Crippen molar-refractivity contribution in [1.82, 2.24) is 4.58 Å². The van der Waals surface area contributed by atoms with Crippen LogP contribution in [0.2, 0.25) is 13.1 Å². The second kappa shape index (κ2) is 6.06. The molecule has 0 unspecified atom stereocenters. The van der Waals surface area contributed by atoms with E-state index >= 15 is 0 Å². The van der Waals surface area contributed by atoms with Crippen molar-refractivity contribution in [3.05, 3.63) is 51.5 Å². The third-order valence-electron chi connectivity index (χ3n) is 7.15. The number of anilines is 1. The molecule has 2 nitrogen and oxygen atoms in total. The molecule has 0 amide bonds. The summed E-state index contributed by atoms with van der Waals surface area (Å²) in [6.45, 7) is 13.2. The summed E-state index contributed by atoms with van der Waals surface area (Å²) in [5, 5.41) is 9.98. The van der Waals surface area contributed by atoms with Crippen LogP contribution >= 0.6 is 0 Å². The topological polar surface area (TPSA) is 15.0 Å². The molecule has 0 atom stereocenters. The van der Waals surface area contributed by atoms with Gasteiger partial charge in [0.05, 0.1) is 0 Å². The monoisotopic (exact) mass is 375 g/mol. The molecular formula is C24H31N2Si+. The molecule has 140 valence electrons. The zero-order valence-electron chi connectivity index (χ0n) is 17.2. The maximum atomic E-state index is 3.66. The van der Waals surface area contributed by atoms with E-state index in [0.29, 0.717) is 0 Å². The first-order valence-electron chi connectivity index (χ1n) is 10.7. The van der Waals surface area contributed by atoms with Gasteiger partial charge in [0.15, 0.2) is 0 Å². The Morgan fingerprint density at radius 2 is 1.81 bits per heavy atom. The lowest BCUT2D eigenvalue weighted by molar-refractivity contribution is 0.539. The van der Waals surface area contributed by atoms with E-state index in [-0.39, 0.29) is 0 Å². The van der Waals surface area contributed by atoms with Crippen LogP contribution < -0.4 is 30.8 Å². The van der Waals surface area contributed by atoms with Crippen LogP contribution in [0.5, 0.6) is 0 Å². The van der Waals surface area contributed by atoms with Crippen LogP contribution in [-0.2, 0) is 12.8 Å². The molecule has 2 aromatic carbocycles. The van der Waals surface area contributed by atoms with Crippen molar-refractivity contribution in [2.75, 3.05) is 25.0 Å². The fourth-order valence-corrected chi connectivity index (χ4v) is 8.66. The van der Waals surface area contributed by atoms with Crippen molar-refractivity contribution >= 4 is 29.7 Å². The zero-order valence-corrected chi connectivity index (χ0v) is 18.2. The molecule has 0 aliphatic carbocycles. The third-order valence-corrected chi connectivity index (χ3v) is 10.7. The summed E-state index contributed by atoms with van der Waals surface area (Å²) in [5.74, 6) is 0. The van der Waals surface area contributed by atoms with E-state index in [4.69, 9.17) is 0 Å². The predicted octanol–water partition coefficient (Wildman–Crippen LogP) is 1.86. The van der Waals surface area contributed by atoms with E-state index in [1.165, 1.54) is 60.0 Å². The van der Waals surface area contributed by atoms with Crippen LogP contribution in [-0.4, -0.2) is 27.7 Å². The molecule has 5 rings (SSSR count). The normalized spacial score (nSPS) is 19.6. The zero-order chi connectivity index (χ0) is 18.8. The van der Waals surface area contributed by atoms with Gasteiger partial charge in [0.1, 0.15) is 21.2 Å². The van der Waals surface area contributed by atoms with Gasteiger partial charge in [-0.1, -0.05) is 13.1 Å². The van der Waals surface area contributed by atoms with Crippen LogP contribution in [0.3, 0.4) is 0 Å². The quantitative estimate of drug-likeness (QED) is 0.594. The van der Waals surface area contributed by atoms with E-state index in [1.807, 2.05) is 0 Å². The Morgan fingerprint density at radius 3 is 2.63 bits per heavy atom. The molecule has 0 saturated carbocycles. The van der Waals surface area contributed by atoms with Crippen LogP contribution in [0.25, 0.3) is 5.57 Å². The summed E-state index contributed by atoms with van der Waals surface area (Å²) >= 11 is 0. The minimum Gasteiger partial charge on any atom is -0.385 e. The van der Waals surface area contributed by atoms with Gasteiger partial charge in [-0.3, -0.25) is 0 Å². The van der Waals surface area contributed by atoms with Crippen molar-refractivity contribution in [3.8, 4) is 0 Å². The standard InChI is InChI=1S/C24H30N2Si/c1-5-26-11-7-9-18-13-20-16(2)19-12-17-8-6-10-25-21(17)14-23(19)27(3,4)24(20)15-22(18)26/h12-15H,5-11H2,1-4H3/p+1. The maximum Gasteiger partial charge on any atom is 0.203 e. The second-order valence-corrected chi connectivity index (χ2v) is 13.4. The molecule has 3 heteroatoms. The largest absolute Gasteiger partial charge is 0.385 e. The molecule has 2 aromatic rings. The number of nitrogens with zero attached hydrogens (tertiary/aromatic N) is 1. The van der Waals surface area contributed by atoms with Crippen molar-refractivity contribution < 1.29 is 0 Å². The van der Waals surface area contributed by atoms with Gasteiger partial charge in [-0.15, -0.1) is 0 Å². The first-order valence-corrected chi connectivity index (χ1v) is 13.7. The number of rotatable bonds is 1. The summed E-state index contributed by atoms with van der Waals surface area (Å²) in [6.07, 6.45) is 4.99. The minimum atomic E-state index is -1.72. The Morgan fingerprint density at radius 1 is 1.00 bits per heavy atom. The molecular weight excluding hydrogens is 344 g/mol. The summed E-state index contributed by atoms with van der Waals surface area (Å²) in [6, 6.07) is 10.2. The molecule has 0 spiro atoms. The van der Waals surface area contributed by atoms with Gasteiger partial charge in [-0.05, 0) is 83.6 Å². The van der Waals surface area contributed by atoms with Crippen LogP contribution in [0.4, 0.5) is 5.69 Å². The number of nitrogens with one attached hydrogen (secondary N) is 1. The van der Waals surface area contributed by atoms with Crippen molar-refractivity contribution in [1.29, 1.82) is 0 Å². The molecule has 0 radical (unpaired) electrons. The Kier molecular flexibility index (Phi) is 3.87. The molecule has 3 heterocycles. The Labute approximate surface area is 163 Å². The van der Waals surface area contributed by atoms with Gasteiger partial charge < -0.3 is 5.32 Å². The summed E-state index contributed by atoms with van der Waals surface area (Å²) < 4.78 is 2.59. The molecule has 0 aromatic heterocycles. The van der Waals surface area contributed by atoms with E-state index < -0.39 is 8.07 Å². The molecule has 0 saturated heterocycles. The highest BCUT2D eigenvalue weighted by molar-refractivity contribution is 7.01. The van der Waals surface area contributed by atoms with Gasteiger partial charge >= 0.3 is 0 Å². The van der Waals surface area contributed by atoms with E-state index in [1.54, 1.807) is 21.2 Å². The molecule has 0 bridgehead atoms. The summed E-state index contributed by atoms with van der Waals surface area (Å²) in [7, 11) is -1.72. The lowest BCUT2D eigenvalue weighted by Gasteiger charge is -2.34. The third kappa shape index (κ3) is 2.47. The van der Waals surface area contributed by atoms with E-state index in [2.05, 4.69) is 61.1 Å². The first kappa shape index (κ1) is 17.2. The number of hydrogen-bond donors (Lipinski definition) is 1. The predicted molar refractivity (Wildman–Crippen MR) is 119 cm³/mol. The van der Waals surface area contributed by atoms with Gasteiger partial charge in [0.25, 0.3) is 0 Å². The lowest BCUT2D eigenvalue weighted by atomic mass is 9.95. The Bertz CT molecular complexity index is 1080. The number of aryl methyl sites for hydroxylation is 2. The highest BCUT2D eigenvalue weighted by Gasteiger charge is 2.36. The van der Waals surface area contributed by atoms with Crippen molar-refractivity contribution in [2.24, 2.45) is 0 Å². The second-order valence-electron chi connectivity index (χ2n) is 9.04. The van der Waals surface area contributed by atoms with Crippen LogP contribution in [0.1, 0.15) is 43.4 Å². The van der Waals surface area contributed by atoms with Crippen molar-refractivity contribution in [2.45, 2.75) is 52.6 Å². The fourth-order valence-electron chi connectivity index (χ4n) is 5.50. The highest BCUT2D eigenvalue weighted by atomic mass is 28.3. The molecule has 1 N–H and O–H groups in total. The van der Waals surface area contributed by atoms with Gasteiger partial charge in [0.2, 0.25) is 5.36 Å². The number of hydrogen-bond acceptors (Lipinski definition) is 1. The summed E-state index contributed by atoms with van der Waals surface area (Å²) in [5.41, 5.74) is 7.50. The average Bonchev–Trinajstić information content (AvgIpc) is 2.69. The van der Waals surface area contributed by atoms with Gasteiger partial charge in [-0.2, -0.15) is 0 Å². The smallest absolute Gasteiger partial charge is 0.203 e. The van der Waals surface area contributed by atoms with Crippen LogP contribution in [0, 0.1) is 0 Å². The first-order chi connectivity index (χ1) is 13.0. The van der Waals surface area contributed by atoms with Crippen LogP contribution in [0.15, 0.2) is 24.3 Å². The number of fused-ring (bicyclic) bond motifs is 4. The molecule has 3 aliphatic heterocycles. The Hall–Kier alpha value is -1.87. The Balaban J connectivity index is 1.86. The van der Waals surface area contributed by atoms with Crippen molar-refractivity contribution in [3.63, 3.8) is 0 Å². The SMILES string of the molecule is CC[N+]1=c2cc3c(cc2CCC1)=C(C)c1cc2c(cc1[Si]3(C)C)NCCC2. The average molecular weight is 376 g/mol. The minimum absolute atomic E-state index is 1.12. The lowest BCUT2D eigenvalue weighted by Crippen LogP contribution is -2.64. The summed E-state index contributed by atoms with van der Waals surface area (Å²) in [4.78, 5) is 0. The molecule has 0 fully saturated rings. The fraction of sp³-hybridized carbons (Fsp3) is 0.458. The number of benzene rings is 2. The highest BCUT2D eigenvalue weighted by Crippen LogP contribution is 2.27. The van der Waals surface area contributed by atoms with E-state index in [9.17, 15) is 0 Å². The van der Waals surface area contributed by atoms with Gasteiger partial charge in [0, 0.05) is 30.3 Å². The molecule has 27 heavy (non-hydrogen) atoms. The maximum absolute atomic E-state index is 3.66. The molecule has 3 aliphatic rings.